The molecule has 47 heavy (non-hydrogen) atoms. The van der Waals surface area contributed by atoms with Crippen LogP contribution in [0.2, 0.25) is 0 Å². The predicted octanol–water partition coefficient (Wildman–Crippen LogP) is 5.93. The van der Waals surface area contributed by atoms with Crippen molar-refractivity contribution in [1.29, 1.82) is 0 Å². The second kappa shape index (κ2) is 16.2. The van der Waals surface area contributed by atoms with Crippen LogP contribution in [-0.4, -0.2) is 35.3 Å². The molecule has 13 heteroatoms. The van der Waals surface area contributed by atoms with E-state index in [2.05, 4.69) is 60.8 Å². The number of sulfonamides is 2. The van der Waals surface area contributed by atoms with Crippen LogP contribution in [0, 0.1) is 17.6 Å². The molecule has 0 saturated carbocycles. The third-order valence-corrected chi connectivity index (χ3v) is 8.04. The Hall–Kier alpha value is -4.07. The van der Waals surface area contributed by atoms with Crippen molar-refractivity contribution < 1.29 is 30.4 Å². The summed E-state index contributed by atoms with van der Waals surface area (Å²) in [6.45, 7) is 15.7. The van der Waals surface area contributed by atoms with Crippen LogP contribution in [-0.2, 0) is 49.8 Å². The van der Waals surface area contributed by atoms with Crippen LogP contribution in [0.25, 0.3) is 12.2 Å². The van der Waals surface area contributed by atoms with E-state index in [9.17, 15) is 30.4 Å². The largest absolute Gasteiger partial charge is 0.352 e. The number of carbonyl (C=O) groups excluding carboxylic acids is 1. The van der Waals surface area contributed by atoms with Crippen LogP contribution in [0.3, 0.4) is 0 Å². The summed E-state index contributed by atoms with van der Waals surface area (Å²) in [5.41, 5.74) is 9.28. The fourth-order valence-electron chi connectivity index (χ4n) is 4.45. The molecule has 0 aromatic heterocycles. The Balaban J connectivity index is 0.000000403. The molecule has 0 radical (unpaired) electrons. The van der Waals surface area contributed by atoms with Gasteiger partial charge in [0.2, 0.25) is 26.0 Å². The van der Waals surface area contributed by atoms with E-state index in [-0.39, 0.29) is 41.7 Å². The van der Waals surface area contributed by atoms with Crippen molar-refractivity contribution in [2.45, 2.75) is 52.6 Å². The average Bonchev–Trinajstić information content (AvgIpc) is 2.96. The van der Waals surface area contributed by atoms with Crippen molar-refractivity contribution in [1.82, 2.24) is 5.32 Å². The van der Waals surface area contributed by atoms with Crippen LogP contribution in [0.5, 0.6) is 0 Å². The summed E-state index contributed by atoms with van der Waals surface area (Å²) in [4.78, 5) is 12.5. The van der Waals surface area contributed by atoms with E-state index >= 15 is 0 Å². The number of hydrogen-bond donors (Lipinski definition) is 4. The van der Waals surface area contributed by atoms with E-state index in [1.807, 2.05) is 19.1 Å². The number of halogens is 2. The first-order valence-electron chi connectivity index (χ1n) is 14.6. The molecular formula is C34H44F2N4O5S2. The molecule has 9 nitrogen and oxygen atoms in total. The summed E-state index contributed by atoms with van der Waals surface area (Å²) in [6.07, 6.45) is 5.24. The van der Waals surface area contributed by atoms with Gasteiger partial charge in [-0.15, -0.1) is 0 Å². The maximum Gasteiger partial charge on any atom is 0.229 e. The number of hydrogen-bond acceptors (Lipinski definition) is 6. The van der Waals surface area contributed by atoms with Crippen molar-refractivity contribution in [3.8, 4) is 0 Å². The lowest BCUT2D eigenvalue weighted by atomic mass is 9.86. The van der Waals surface area contributed by atoms with Gasteiger partial charge < -0.3 is 11.1 Å². The smallest absolute Gasteiger partial charge is 0.229 e. The molecular weight excluding hydrogens is 647 g/mol. The topological polar surface area (TPSA) is 147 Å². The average molecular weight is 691 g/mol. The molecule has 0 aliphatic carbocycles. The van der Waals surface area contributed by atoms with Crippen LogP contribution in [0.4, 0.5) is 20.2 Å². The second-order valence-electron chi connectivity index (χ2n) is 12.2. The molecule has 1 unspecified atom stereocenters. The first kappa shape index (κ1) is 39.1. The van der Waals surface area contributed by atoms with Gasteiger partial charge in [0.25, 0.3) is 0 Å². The van der Waals surface area contributed by atoms with Gasteiger partial charge in [-0.05, 0) is 58.4 Å². The van der Waals surface area contributed by atoms with Crippen molar-refractivity contribution in [2.75, 3.05) is 22.0 Å². The molecule has 3 aromatic carbocycles. The van der Waals surface area contributed by atoms with Gasteiger partial charge in [-0.3, -0.25) is 14.2 Å². The zero-order chi connectivity index (χ0) is 35.7. The van der Waals surface area contributed by atoms with E-state index in [4.69, 9.17) is 5.73 Å². The Labute approximate surface area is 277 Å². The minimum Gasteiger partial charge on any atom is -0.352 e. The number of benzene rings is 3. The summed E-state index contributed by atoms with van der Waals surface area (Å²) in [6, 6.07) is 13.9. The first-order chi connectivity index (χ1) is 21.7. The van der Waals surface area contributed by atoms with Crippen LogP contribution in [0.15, 0.2) is 61.7 Å². The molecule has 0 saturated heterocycles. The fourth-order valence-corrected chi connectivity index (χ4v) is 5.62. The molecule has 1 amide bonds. The Kier molecular flexibility index (Phi) is 13.4. The summed E-state index contributed by atoms with van der Waals surface area (Å²) in [5.74, 6) is -1.78. The van der Waals surface area contributed by atoms with Crippen molar-refractivity contribution in [2.24, 2.45) is 11.7 Å². The van der Waals surface area contributed by atoms with Gasteiger partial charge in [0.05, 0.1) is 23.9 Å². The molecule has 3 rings (SSSR count). The highest BCUT2D eigenvalue weighted by molar-refractivity contribution is 7.92. The van der Waals surface area contributed by atoms with Gasteiger partial charge in [0, 0.05) is 30.1 Å². The van der Waals surface area contributed by atoms with Gasteiger partial charge in [-0.25, -0.2) is 25.6 Å². The number of nitrogens with one attached hydrogen (secondary N) is 3. The predicted molar refractivity (Wildman–Crippen MR) is 188 cm³/mol. The fraction of sp³-hybridized carbons (Fsp3) is 0.324. The third kappa shape index (κ3) is 12.6. The van der Waals surface area contributed by atoms with Gasteiger partial charge in [-0.1, -0.05) is 77.3 Å². The SMILES string of the molecule is C=Cc1cc(CN)cc(F)c1NS(C)(=O)=O.C=Cc1cc(CNC(=O)C(C)Cc2ccc(C(C)(C)C)cc2)cc(F)c1NS(C)(=O)=O. The zero-order valence-corrected chi connectivity index (χ0v) is 29.2. The Bertz CT molecular complexity index is 1820. The standard InChI is InChI=1S/C24H31FN2O3S.C10H13FN2O2S/c1-7-19-13-18(14-21(25)22(19)27-31(6,29)30)15-26-23(28)16(2)12-17-8-10-20(11-9-17)24(3,4)5;1-3-8-4-7(6-12)5-9(11)10(8)13-16(2,14)15/h7-11,13-14,16,27H,1,12,15H2,2-6H3,(H,26,28);3-5,13H,1,6,12H2,2H3. The van der Waals surface area contributed by atoms with E-state index in [1.165, 1.54) is 29.8 Å². The Morgan fingerprint density at radius 1 is 0.830 bits per heavy atom. The highest BCUT2D eigenvalue weighted by Gasteiger charge is 2.18. The summed E-state index contributed by atoms with van der Waals surface area (Å²) in [5, 5.41) is 2.82. The molecule has 256 valence electrons. The van der Waals surface area contributed by atoms with Crippen molar-refractivity contribution in [3.63, 3.8) is 0 Å². The molecule has 0 heterocycles. The lowest BCUT2D eigenvalue weighted by molar-refractivity contribution is -0.124. The zero-order valence-electron chi connectivity index (χ0n) is 27.6. The minimum absolute atomic E-state index is 0.0769. The van der Waals surface area contributed by atoms with Crippen LogP contribution < -0.4 is 20.5 Å². The normalized spacial score (nSPS) is 12.3. The monoisotopic (exact) mass is 690 g/mol. The van der Waals surface area contributed by atoms with Crippen molar-refractivity contribution >= 4 is 49.5 Å². The van der Waals surface area contributed by atoms with E-state index < -0.39 is 31.7 Å². The summed E-state index contributed by atoms with van der Waals surface area (Å²) in [7, 11) is -7.15. The number of amides is 1. The van der Waals surface area contributed by atoms with E-state index in [0.717, 1.165) is 18.1 Å². The maximum absolute atomic E-state index is 14.4. The number of carbonyl (C=O) groups is 1. The number of nitrogens with two attached hydrogens (primary N) is 1. The van der Waals surface area contributed by atoms with Gasteiger partial charge in [0.1, 0.15) is 11.6 Å². The van der Waals surface area contributed by atoms with E-state index in [0.29, 0.717) is 28.7 Å². The lowest BCUT2D eigenvalue weighted by Crippen LogP contribution is -2.30. The van der Waals surface area contributed by atoms with Gasteiger partial charge in [0.15, 0.2) is 0 Å². The third-order valence-electron chi connectivity index (χ3n) is 6.89. The lowest BCUT2D eigenvalue weighted by Gasteiger charge is -2.19. The molecule has 0 aliphatic heterocycles. The highest BCUT2D eigenvalue weighted by atomic mass is 32.2. The van der Waals surface area contributed by atoms with E-state index in [1.54, 1.807) is 12.1 Å². The Morgan fingerprint density at radius 3 is 1.68 bits per heavy atom. The molecule has 1 atom stereocenters. The molecule has 0 fully saturated rings. The van der Waals surface area contributed by atoms with Crippen LogP contribution >= 0.6 is 0 Å². The first-order valence-corrected chi connectivity index (χ1v) is 18.4. The molecule has 0 spiro atoms. The quantitative estimate of drug-likeness (QED) is 0.185. The van der Waals surface area contributed by atoms with Crippen molar-refractivity contribution in [3.05, 3.63) is 107 Å². The highest BCUT2D eigenvalue weighted by Crippen LogP contribution is 2.26. The molecule has 0 bridgehead atoms. The number of rotatable bonds is 12. The summed E-state index contributed by atoms with van der Waals surface area (Å²) < 4.78 is 77.2. The Morgan fingerprint density at radius 2 is 1.28 bits per heavy atom. The second-order valence-corrected chi connectivity index (χ2v) is 15.7. The summed E-state index contributed by atoms with van der Waals surface area (Å²) >= 11 is 0. The van der Waals surface area contributed by atoms with Gasteiger partial charge in [-0.2, -0.15) is 0 Å². The maximum atomic E-state index is 14.4. The molecule has 0 aliphatic rings. The van der Waals surface area contributed by atoms with Gasteiger partial charge >= 0.3 is 0 Å². The molecule has 3 aromatic rings. The molecule has 5 N–H and O–H groups in total. The van der Waals surface area contributed by atoms with Crippen LogP contribution in [0.1, 0.15) is 61.1 Å². The minimum atomic E-state index is -3.63. The number of anilines is 2.